The number of rotatable bonds is 6. The summed E-state index contributed by atoms with van der Waals surface area (Å²) in [6, 6.07) is 0. The van der Waals surface area contributed by atoms with E-state index in [0.717, 1.165) is 25.7 Å². The van der Waals surface area contributed by atoms with Crippen LogP contribution in [0.4, 0.5) is 22.0 Å². The van der Waals surface area contributed by atoms with E-state index in [9.17, 15) is 40.0 Å². The Balaban J connectivity index is 1.51. The van der Waals surface area contributed by atoms with E-state index in [0.29, 0.717) is 24.7 Å². The van der Waals surface area contributed by atoms with E-state index < -0.39 is 57.0 Å². The third-order valence-electron chi connectivity index (χ3n) is 8.63. The molecule has 5 aliphatic rings. The maximum absolute atomic E-state index is 13.9. The van der Waals surface area contributed by atoms with E-state index in [2.05, 4.69) is 4.74 Å². The molecule has 5 aliphatic carbocycles. The molecule has 0 aromatic rings. The van der Waals surface area contributed by atoms with Crippen molar-refractivity contribution in [2.75, 3.05) is 0 Å². The molecule has 35 heavy (non-hydrogen) atoms. The van der Waals surface area contributed by atoms with Gasteiger partial charge < -0.3 is 9.47 Å². The summed E-state index contributed by atoms with van der Waals surface area (Å²) in [6.45, 7) is 1.86. The molecule has 0 spiro atoms. The summed E-state index contributed by atoms with van der Waals surface area (Å²) in [5.41, 5.74) is -0.761. The second-order valence-electron chi connectivity index (χ2n) is 10.8. The number of esters is 2. The van der Waals surface area contributed by atoms with Gasteiger partial charge in [-0.2, -0.15) is 30.4 Å². The molecule has 5 saturated carbocycles. The smallest absolute Gasteiger partial charge is 0.432 e. The van der Waals surface area contributed by atoms with Gasteiger partial charge in [-0.15, -0.1) is 0 Å². The van der Waals surface area contributed by atoms with Crippen LogP contribution in [0.25, 0.3) is 0 Å². The van der Waals surface area contributed by atoms with Crippen LogP contribution in [0.3, 0.4) is 0 Å². The molecule has 5 fully saturated rings. The summed E-state index contributed by atoms with van der Waals surface area (Å²) in [5.74, 6) is -3.76. The van der Waals surface area contributed by atoms with Crippen LogP contribution in [0.1, 0.15) is 64.7 Å². The highest BCUT2D eigenvalue weighted by atomic mass is 32.2. The Morgan fingerprint density at radius 1 is 0.886 bits per heavy atom. The number of hydrogen-bond acceptors (Lipinski definition) is 6. The Bertz CT molecular complexity index is 936. The highest BCUT2D eigenvalue weighted by Crippen LogP contribution is 2.59. The van der Waals surface area contributed by atoms with Crippen molar-refractivity contribution in [1.29, 1.82) is 0 Å². The zero-order chi connectivity index (χ0) is 26.0. The van der Waals surface area contributed by atoms with E-state index in [1.807, 2.05) is 6.92 Å². The molecule has 0 amide bonds. The number of hydrogen-bond donors (Lipinski definition) is 1. The van der Waals surface area contributed by atoms with Gasteiger partial charge in [0.05, 0.1) is 11.8 Å². The predicted molar refractivity (Wildman–Crippen MR) is 109 cm³/mol. The molecule has 0 aliphatic heterocycles. The molecular weight excluding hydrogens is 503 g/mol. The lowest BCUT2D eigenvalue weighted by molar-refractivity contribution is -0.261. The largest absolute Gasteiger partial charge is 0.459 e. The molecule has 0 heterocycles. The molecule has 7 nitrogen and oxygen atoms in total. The first-order valence-corrected chi connectivity index (χ1v) is 13.3. The molecule has 0 radical (unpaired) electrons. The Labute approximate surface area is 199 Å². The van der Waals surface area contributed by atoms with Gasteiger partial charge in [-0.1, -0.05) is 12.8 Å². The molecule has 0 aromatic heterocycles. The average molecular weight is 533 g/mol. The van der Waals surface area contributed by atoms with Crippen molar-refractivity contribution < 1.29 is 54.0 Å². The lowest BCUT2D eigenvalue weighted by atomic mass is 9.50. The molecule has 0 aromatic carbocycles. The average Bonchev–Trinajstić information content (AvgIpc) is 2.73. The van der Waals surface area contributed by atoms with E-state index in [1.165, 1.54) is 6.42 Å². The first kappa shape index (κ1) is 26.6. The second-order valence-corrected chi connectivity index (χ2v) is 12.3. The fraction of sp³-hybridized carbons (Fsp3) is 0.909. The fourth-order valence-electron chi connectivity index (χ4n) is 6.94. The minimum Gasteiger partial charge on any atom is -0.459 e. The summed E-state index contributed by atoms with van der Waals surface area (Å²) in [5, 5.41) is -5.82. The molecular formula is C22H29F5O7S. The van der Waals surface area contributed by atoms with Gasteiger partial charge in [0.2, 0.25) is 0 Å². The number of carbonyl (C=O) groups excluding carboxylic acids is 2. The number of alkyl halides is 5. The van der Waals surface area contributed by atoms with Gasteiger partial charge in [-0.3, -0.25) is 14.1 Å². The van der Waals surface area contributed by atoms with Crippen LogP contribution in [0.5, 0.6) is 0 Å². The number of halogens is 5. The van der Waals surface area contributed by atoms with Crippen LogP contribution in [-0.2, 0) is 29.2 Å². The standard InChI is InChI=1S/C22H29F5O7S/c1-20(13-7-11-6-12(9-13)10-14(20)8-11)34-18(29)16-5-3-2-4-15(16)17(28)33-19(21(23,24)25)22(26,27)35(30,31)32/h11-16,19H,2-10H2,1H3,(H,30,31,32). The molecule has 200 valence electrons. The van der Waals surface area contributed by atoms with Crippen molar-refractivity contribution in [2.45, 2.75) is 87.8 Å². The lowest BCUT2D eigenvalue weighted by Crippen LogP contribution is -2.58. The SMILES string of the molecule is CC1(OC(=O)C2CCCCC2C(=O)OC(C(F)(F)F)C(F)(F)S(=O)(=O)O)C2CC3CC(C2)CC1C3. The van der Waals surface area contributed by atoms with Crippen LogP contribution >= 0.6 is 0 Å². The summed E-state index contributed by atoms with van der Waals surface area (Å²) >= 11 is 0. The summed E-state index contributed by atoms with van der Waals surface area (Å²) in [6.07, 6.45) is -4.75. The Kier molecular flexibility index (Phi) is 6.69. The molecule has 1 N–H and O–H groups in total. The van der Waals surface area contributed by atoms with Crippen LogP contribution in [0.15, 0.2) is 0 Å². The van der Waals surface area contributed by atoms with Gasteiger partial charge in [-0.25, -0.2) is 0 Å². The highest BCUT2D eigenvalue weighted by Gasteiger charge is 2.66. The van der Waals surface area contributed by atoms with Crippen molar-refractivity contribution in [3.05, 3.63) is 0 Å². The first-order valence-electron chi connectivity index (χ1n) is 11.9. The maximum atomic E-state index is 13.9. The third kappa shape index (κ3) is 4.78. The zero-order valence-electron chi connectivity index (χ0n) is 19.1. The molecule has 13 heteroatoms. The minimum absolute atomic E-state index is 0.0979. The quantitative estimate of drug-likeness (QED) is 0.305. The van der Waals surface area contributed by atoms with Crippen molar-refractivity contribution >= 4 is 22.1 Å². The zero-order valence-corrected chi connectivity index (χ0v) is 19.9. The van der Waals surface area contributed by atoms with Crippen molar-refractivity contribution in [3.8, 4) is 0 Å². The predicted octanol–water partition coefficient (Wildman–Crippen LogP) is 4.51. The Morgan fingerprint density at radius 2 is 1.34 bits per heavy atom. The van der Waals surface area contributed by atoms with E-state index in [-0.39, 0.29) is 24.7 Å². The van der Waals surface area contributed by atoms with Crippen LogP contribution in [0, 0.1) is 35.5 Å². The van der Waals surface area contributed by atoms with Gasteiger partial charge in [0.15, 0.2) is 0 Å². The second kappa shape index (κ2) is 8.81. The number of carbonyl (C=O) groups is 2. The summed E-state index contributed by atoms with van der Waals surface area (Å²) < 4.78 is 108. The Morgan fingerprint density at radius 3 is 1.77 bits per heavy atom. The van der Waals surface area contributed by atoms with E-state index >= 15 is 0 Å². The Hall–Kier alpha value is -1.50. The van der Waals surface area contributed by atoms with Crippen LogP contribution in [-0.4, -0.2) is 48.0 Å². The first-order chi connectivity index (χ1) is 16.0. The number of ether oxygens (including phenoxy) is 2. The normalized spacial score (nSPS) is 38.1. The van der Waals surface area contributed by atoms with Crippen molar-refractivity contribution in [2.24, 2.45) is 35.5 Å². The molecule has 0 saturated heterocycles. The maximum Gasteiger partial charge on any atom is 0.432 e. The monoisotopic (exact) mass is 532 g/mol. The van der Waals surface area contributed by atoms with Crippen molar-refractivity contribution in [3.63, 3.8) is 0 Å². The summed E-state index contributed by atoms with van der Waals surface area (Å²) in [4.78, 5) is 25.8. The highest BCUT2D eigenvalue weighted by molar-refractivity contribution is 7.86. The fourth-order valence-corrected chi connectivity index (χ4v) is 7.39. The molecule has 3 atom stereocenters. The molecule has 5 rings (SSSR count). The third-order valence-corrected chi connectivity index (χ3v) is 9.53. The summed E-state index contributed by atoms with van der Waals surface area (Å²) in [7, 11) is -6.55. The van der Waals surface area contributed by atoms with Crippen LogP contribution < -0.4 is 0 Å². The molecule has 3 unspecified atom stereocenters. The van der Waals surface area contributed by atoms with Gasteiger partial charge in [0.1, 0.15) is 5.60 Å². The lowest BCUT2D eigenvalue weighted by Gasteiger charge is -2.59. The van der Waals surface area contributed by atoms with Crippen molar-refractivity contribution in [1.82, 2.24) is 0 Å². The molecule has 4 bridgehead atoms. The van der Waals surface area contributed by atoms with Gasteiger partial charge in [-0.05, 0) is 75.5 Å². The minimum atomic E-state index is -6.55. The van der Waals surface area contributed by atoms with E-state index in [4.69, 9.17) is 9.29 Å². The van der Waals surface area contributed by atoms with Gasteiger partial charge in [0.25, 0.3) is 6.10 Å². The topological polar surface area (TPSA) is 107 Å². The van der Waals surface area contributed by atoms with Gasteiger partial charge in [0, 0.05) is 0 Å². The van der Waals surface area contributed by atoms with E-state index in [1.54, 1.807) is 0 Å². The van der Waals surface area contributed by atoms with Crippen LogP contribution in [0.2, 0.25) is 0 Å². The van der Waals surface area contributed by atoms with Gasteiger partial charge >= 0.3 is 33.5 Å².